The molecule has 0 amide bonds. The first-order chi connectivity index (χ1) is 16.3. The molecule has 1 heterocycles. The molecule has 6 heteroatoms. The van der Waals surface area contributed by atoms with E-state index in [-0.39, 0.29) is 28.0 Å². The highest BCUT2D eigenvalue weighted by atomic mass is 16.6. The first-order valence-electron chi connectivity index (χ1n) is 11.5. The van der Waals surface area contributed by atoms with Gasteiger partial charge in [-0.25, -0.2) is 0 Å². The van der Waals surface area contributed by atoms with Gasteiger partial charge in [0.1, 0.15) is 6.17 Å². The molecule has 2 aliphatic rings. The highest BCUT2D eigenvalue weighted by Gasteiger charge is 2.43. The van der Waals surface area contributed by atoms with E-state index in [1.54, 1.807) is 12.1 Å². The fourth-order valence-electron chi connectivity index (χ4n) is 5.14. The van der Waals surface area contributed by atoms with Crippen LogP contribution in [0.3, 0.4) is 0 Å². The van der Waals surface area contributed by atoms with Crippen molar-refractivity contribution in [3.8, 4) is 0 Å². The van der Waals surface area contributed by atoms with Crippen LogP contribution in [0, 0.1) is 15.5 Å². The van der Waals surface area contributed by atoms with Crippen LogP contribution in [-0.2, 0) is 4.79 Å². The molecule has 1 aliphatic heterocycles. The molecule has 0 saturated carbocycles. The molecule has 172 valence electrons. The molecular weight excluding hydrogens is 426 g/mol. The topological polar surface area (TPSA) is 66.7 Å². The van der Waals surface area contributed by atoms with Crippen LogP contribution in [0.25, 0.3) is 0 Å². The Kier molecular flexibility index (Phi) is 5.44. The third-order valence-electron chi connectivity index (χ3n) is 6.63. The van der Waals surface area contributed by atoms with Crippen molar-refractivity contribution >= 4 is 22.8 Å². The minimum absolute atomic E-state index is 0.0540. The Morgan fingerprint density at radius 1 is 0.882 bits per heavy atom. The fraction of sp³-hybridized carbons (Fsp3) is 0.250. The largest absolute Gasteiger partial charge is 0.342 e. The summed E-state index contributed by atoms with van der Waals surface area (Å²) in [5, 5.41) is 11.6. The van der Waals surface area contributed by atoms with E-state index in [0.29, 0.717) is 13.0 Å². The standard InChI is InChI=1S/C28H27N3O3/c1-28(2)17-25-24(26(32)18-28)19-29(21-11-5-3-6-12-21)27(30(25)22-13-7-4-8-14-22)20-10-9-15-23(16-20)31(33)34/h3-16,27H,17-19H2,1-2H3. The number of allylic oxidation sites excluding steroid dienone is 1. The molecule has 3 aromatic rings. The van der Waals surface area contributed by atoms with E-state index in [1.165, 1.54) is 6.07 Å². The van der Waals surface area contributed by atoms with Crippen molar-refractivity contribution in [2.24, 2.45) is 5.41 Å². The number of para-hydroxylation sites is 2. The Labute approximate surface area is 199 Å². The Bertz CT molecular complexity index is 1270. The number of anilines is 2. The highest BCUT2D eigenvalue weighted by Crippen LogP contribution is 2.48. The second-order valence-corrected chi connectivity index (χ2v) is 9.76. The van der Waals surface area contributed by atoms with Gasteiger partial charge in [-0.15, -0.1) is 0 Å². The van der Waals surface area contributed by atoms with Crippen molar-refractivity contribution in [3.63, 3.8) is 0 Å². The molecule has 0 bridgehead atoms. The molecule has 5 rings (SSSR count). The average Bonchev–Trinajstić information content (AvgIpc) is 2.83. The van der Waals surface area contributed by atoms with Crippen LogP contribution in [0.15, 0.2) is 96.2 Å². The SMILES string of the molecule is CC1(C)CC(=O)C2=C(C1)N(c1ccccc1)C(c1cccc([N+](=O)[O-])c1)N(c1ccccc1)C2. The van der Waals surface area contributed by atoms with Crippen LogP contribution >= 0.6 is 0 Å². The van der Waals surface area contributed by atoms with Gasteiger partial charge < -0.3 is 9.80 Å². The zero-order valence-corrected chi connectivity index (χ0v) is 19.3. The van der Waals surface area contributed by atoms with Crippen molar-refractivity contribution in [2.45, 2.75) is 32.9 Å². The summed E-state index contributed by atoms with van der Waals surface area (Å²) in [5.41, 5.74) is 4.46. The lowest BCUT2D eigenvalue weighted by atomic mass is 9.74. The Morgan fingerprint density at radius 2 is 1.53 bits per heavy atom. The highest BCUT2D eigenvalue weighted by molar-refractivity contribution is 6.00. The summed E-state index contributed by atoms with van der Waals surface area (Å²) in [6.45, 7) is 4.72. The van der Waals surface area contributed by atoms with Crippen LogP contribution < -0.4 is 9.80 Å². The van der Waals surface area contributed by atoms with Gasteiger partial charge in [-0.2, -0.15) is 0 Å². The molecular formula is C28H27N3O3. The smallest absolute Gasteiger partial charge is 0.269 e. The summed E-state index contributed by atoms with van der Waals surface area (Å²) in [6.07, 6.45) is 0.931. The maximum atomic E-state index is 13.4. The van der Waals surface area contributed by atoms with Crippen LogP contribution in [0.1, 0.15) is 38.4 Å². The third kappa shape index (κ3) is 3.96. The number of non-ortho nitro benzene ring substituents is 1. The van der Waals surface area contributed by atoms with Crippen LogP contribution in [0.4, 0.5) is 17.1 Å². The number of nitrogens with zero attached hydrogens (tertiary/aromatic N) is 3. The number of rotatable bonds is 4. The predicted molar refractivity (Wildman–Crippen MR) is 134 cm³/mol. The van der Waals surface area contributed by atoms with Crippen LogP contribution in [0.2, 0.25) is 0 Å². The first kappa shape index (κ1) is 21.9. The van der Waals surface area contributed by atoms with E-state index in [4.69, 9.17) is 0 Å². The molecule has 1 atom stereocenters. The number of nitro groups is 1. The number of nitro benzene ring substituents is 1. The second-order valence-electron chi connectivity index (χ2n) is 9.76. The normalized spacial score (nSPS) is 19.7. The summed E-state index contributed by atoms with van der Waals surface area (Å²) in [6, 6.07) is 26.8. The monoisotopic (exact) mass is 453 g/mol. The summed E-state index contributed by atoms with van der Waals surface area (Å²) < 4.78 is 0. The van der Waals surface area contributed by atoms with Gasteiger partial charge in [0.2, 0.25) is 0 Å². The molecule has 3 aromatic carbocycles. The molecule has 0 saturated heterocycles. The molecule has 0 aromatic heterocycles. The van der Waals surface area contributed by atoms with Gasteiger partial charge in [0.15, 0.2) is 5.78 Å². The number of benzene rings is 3. The van der Waals surface area contributed by atoms with Crippen molar-refractivity contribution in [1.82, 2.24) is 0 Å². The molecule has 0 fully saturated rings. The molecule has 1 aliphatic carbocycles. The predicted octanol–water partition coefficient (Wildman–Crippen LogP) is 6.26. The summed E-state index contributed by atoms with van der Waals surface area (Å²) in [4.78, 5) is 29.0. The molecule has 0 radical (unpaired) electrons. The summed E-state index contributed by atoms with van der Waals surface area (Å²) in [7, 11) is 0. The quantitative estimate of drug-likeness (QED) is 0.344. The van der Waals surface area contributed by atoms with Gasteiger partial charge in [-0.05, 0) is 36.1 Å². The van der Waals surface area contributed by atoms with Crippen LogP contribution in [0.5, 0.6) is 0 Å². The van der Waals surface area contributed by atoms with Crippen molar-refractivity contribution in [2.75, 3.05) is 16.3 Å². The molecule has 1 unspecified atom stereocenters. The minimum atomic E-state index is -0.357. The van der Waals surface area contributed by atoms with Crippen molar-refractivity contribution in [1.29, 1.82) is 0 Å². The number of hydrogen-bond donors (Lipinski definition) is 0. The zero-order valence-electron chi connectivity index (χ0n) is 19.3. The zero-order chi connectivity index (χ0) is 23.9. The maximum absolute atomic E-state index is 13.4. The Morgan fingerprint density at radius 3 is 2.18 bits per heavy atom. The van der Waals surface area contributed by atoms with Gasteiger partial charge in [0, 0.05) is 46.8 Å². The second kappa shape index (κ2) is 8.45. The minimum Gasteiger partial charge on any atom is -0.342 e. The van der Waals surface area contributed by atoms with Crippen LogP contribution in [-0.4, -0.2) is 17.3 Å². The average molecular weight is 454 g/mol. The molecule has 6 nitrogen and oxygen atoms in total. The van der Waals surface area contributed by atoms with E-state index < -0.39 is 0 Å². The van der Waals surface area contributed by atoms with E-state index >= 15 is 0 Å². The van der Waals surface area contributed by atoms with Gasteiger partial charge in [-0.1, -0.05) is 62.4 Å². The van der Waals surface area contributed by atoms with E-state index in [1.807, 2.05) is 66.7 Å². The number of hydrogen-bond acceptors (Lipinski definition) is 5. The maximum Gasteiger partial charge on any atom is 0.269 e. The molecule has 0 spiro atoms. The number of carbonyl (C=O) groups excluding carboxylic acids is 1. The summed E-state index contributed by atoms with van der Waals surface area (Å²) in [5.74, 6) is 0.172. The number of carbonyl (C=O) groups is 1. The fourth-order valence-corrected chi connectivity index (χ4v) is 5.14. The van der Waals surface area contributed by atoms with E-state index in [2.05, 4.69) is 23.6 Å². The summed E-state index contributed by atoms with van der Waals surface area (Å²) >= 11 is 0. The number of Topliss-reactive ketones (excluding diaryl/α,β-unsaturated/α-hetero) is 1. The van der Waals surface area contributed by atoms with Crippen molar-refractivity contribution in [3.05, 3.63) is 112 Å². The third-order valence-corrected chi connectivity index (χ3v) is 6.63. The Balaban J connectivity index is 1.77. The van der Waals surface area contributed by atoms with E-state index in [9.17, 15) is 14.9 Å². The first-order valence-corrected chi connectivity index (χ1v) is 11.5. The molecule has 34 heavy (non-hydrogen) atoms. The lowest BCUT2D eigenvalue weighted by molar-refractivity contribution is -0.384. The molecule has 0 N–H and O–H groups in total. The lowest BCUT2D eigenvalue weighted by Gasteiger charge is -2.51. The van der Waals surface area contributed by atoms with Gasteiger partial charge in [0.05, 0.1) is 11.5 Å². The van der Waals surface area contributed by atoms with Gasteiger partial charge >= 0.3 is 0 Å². The Hall–Kier alpha value is -3.93. The number of ketones is 1. The van der Waals surface area contributed by atoms with Crippen molar-refractivity contribution < 1.29 is 9.72 Å². The van der Waals surface area contributed by atoms with Gasteiger partial charge in [-0.3, -0.25) is 14.9 Å². The van der Waals surface area contributed by atoms with E-state index in [0.717, 1.165) is 34.6 Å². The van der Waals surface area contributed by atoms with Gasteiger partial charge in [0.25, 0.3) is 5.69 Å². The lowest BCUT2D eigenvalue weighted by Crippen LogP contribution is -2.51.